The predicted octanol–water partition coefficient (Wildman–Crippen LogP) is 2.06. The van der Waals surface area contributed by atoms with Gasteiger partial charge in [-0.25, -0.2) is 9.59 Å². The van der Waals surface area contributed by atoms with Crippen LogP contribution in [0.4, 0.5) is 4.79 Å². The van der Waals surface area contributed by atoms with Crippen LogP contribution in [0.2, 0.25) is 10.0 Å². The number of rotatable bonds is 10. The van der Waals surface area contributed by atoms with Crippen LogP contribution in [-0.2, 0) is 23.9 Å². The normalized spacial score (nSPS) is 12.5. The lowest BCUT2D eigenvalue weighted by Crippen LogP contribution is -2.54. The summed E-state index contributed by atoms with van der Waals surface area (Å²) in [5, 5.41) is 13.6. The molecule has 12 heteroatoms. The molecule has 1 aromatic rings. The monoisotopic (exact) mass is 476 g/mol. The molecular weight excluding hydrogens is 455 g/mol. The summed E-state index contributed by atoms with van der Waals surface area (Å²) in [6.45, 7) is 2.42. The molecular formula is C19H22Cl2N2O8. The minimum Gasteiger partial charge on any atom is -0.481 e. The lowest BCUT2D eigenvalue weighted by Gasteiger charge is -2.24. The Labute approximate surface area is 188 Å². The molecule has 1 rings (SSSR count). The molecule has 0 heterocycles. The Bertz CT molecular complexity index is 839. The first-order valence-corrected chi connectivity index (χ1v) is 9.74. The van der Waals surface area contributed by atoms with Gasteiger partial charge in [0.2, 0.25) is 5.91 Å². The number of aliphatic carboxylic acids is 1. The van der Waals surface area contributed by atoms with Gasteiger partial charge in [-0.3, -0.25) is 14.4 Å². The minimum atomic E-state index is -1.51. The van der Waals surface area contributed by atoms with E-state index < -0.39 is 60.8 Å². The van der Waals surface area contributed by atoms with E-state index in [1.54, 1.807) is 13.8 Å². The van der Waals surface area contributed by atoms with Crippen molar-refractivity contribution in [3.8, 4) is 0 Å². The lowest BCUT2D eigenvalue weighted by molar-refractivity contribution is -0.141. The molecule has 31 heavy (non-hydrogen) atoms. The number of methoxy groups -OCH3 is 1. The van der Waals surface area contributed by atoms with Gasteiger partial charge in [0, 0.05) is 0 Å². The van der Waals surface area contributed by atoms with Crippen molar-refractivity contribution in [3.63, 3.8) is 0 Å². The molecule has 1 aromatic carbocycles. The molecule has 0 bridgehead atoms. The van der Waals surface area contributed by atoms with Crippen LogP contribution in [0, 0.1) is 5.92 Å². The van der Waals surface area contributed by atoms with Crippen molar-refractivity contribution in [2.24, 2.45) is 5.92 Å². The van der Waals surface area contributed by atoms with E-state index in [4.69, 9.17) is 33.0 Å². The highest BCUT2D eigenvalue weighted by Crippen LogP contribution is 2.24. The number of Topliss-reactive ketones (excluding diaryl/α,β-unsaturated/α-hetero) is 1. The standard InChI is InChI=1S/C19H22Cl2N2O8/c1-9(2)16(23-19(29)30-3)17(27)22-12(7-14(25)26)13(24)8-31-18(28)15-10(20)5-4-6-11(15)21/h4-6,9,12,16H,7-8H2,1-3H3,(H,22,27)(H,23,29)(H,25,26). The fourth-order valence-electron chi connectivity index (χ4n) is 2.40. The molecule has 0 saturated carbocycles. The van der Waals surface area contributed by atoms with Crippen LogP contribution < -0.4 is 10.6 Å². The zero-order valence-corrected chi connectivity index (χ0v) is 18.5. The summed E-state index contributed by atoms with van der Waals surface area (Å²) < 4.78 is 9.35. The number of nitrogens with one attached hydrogen (secondary N) is 2. The van der Waals surface area contributed by atoms with Gasteiger partial charge in [-0.05, 0) is 18.1 Å². The smallest absolute Gasteiger partial charge is 0.407 e. The van der Waals surface area contributed by atoms with Gasteiger partial charge in [0.25, 0.3) is 0 Å². The molecule has 2 atom stereocenters. The number of amides is 2. The second-order valence-corrected chi connectivity index (χ2v) is 7.47. The van der Waals surface area contributed by atoms with Crippen LogP contribution in [0.25, 0.3) is 0 Å². The van der Waals surface area contributed by atoms with Crippen molar-refractivity contribution in [1.29, 1.82) is 0 Å². The third-order valence-electron chi connectivity index (χ3n) is 4.00. The number of alkyl carbamates (subject to hydrolysis) is 1. The van der Waals surface area contributed by atoms with Crippen molar-refractivity contribution in [3.05, 3.63) is 33.8 Å². The van der Waals surface area contributed by atoms with Gasteiger partial charge in [-0.15, -0.1) is 0 Å². The molecule has 2 amide bonds. The van der Waals surface area contributed by atoms with Gasteiger partial charge in [0.15, 0.2) is 12.4 Å². The number of esters is 1. The Morgan fingerprint density at radius 1 is 1.06 bits per heavy atom. The number of benzene rings is 1. The summed E-state index contributed by atoms with van der Waals surface area (Å²) in [6.07, 6.45) is -1.64. The van der Waals surface area contributed by atoms with E-state index in [2.05, 4.69) is 15.4 Å². The number of ketones is 1. The number of halogens is 2. The summed E-state index contributed by atoms with van der Waals surface area (Å²) in [4.78, 5) is 59.7. The SMILES string of the molecule is COC(=O)NC(C(=O)NC(CC(=O)O)C(=O)COC(=O)c1c(Cl)cccc1Cl)C(C)C. The van der Waals surface area contributed by atoms with Gasteiger partial charge in [0.1, 0.15) is 12.1 Å². The molecule has 10 nitrogen and oxygen atoms in total. The van der Waals surface area contributed by atoms with Gasteiger partial charge in [-0.2, -0.15) is 0 Å². The molecule has 0 saturated heterocycles. The van der Waals surface area contributed by atoms with Gasteiger partial charge < -0.3 is 25.2 Å². The first-order valence-electron chi connectivity index (χ1n) is 8.98. The van der Waals surface area contributed by atoms with E-state index >= 15 is 0 Å². The van der Waals surface area contributed by atoms with Crippen molar-refractivity contribution in [2.45, 2.75) is 32.4 Å². The zero-order chi connectivity index (χ0) is 23.7. The van der Waals surface area contributed by atoms with Crippen LogP contribution in [-0.4, -0.2) is 60.6 Å². The molecule has 0 aliphatic carbocycles. The van der Waals surface area contributed by atoms with Crippen LogP contribution in [0.1, 0.15) is 30.6 Å². The topological polar surface area (TPSA) is 148 Å². The number of hydrogen-bond donors (Lipinski definition) is 3. The molecule has 2 unspecified atom stereocenters. The Morgan fingerprint density at radius 3 is 2.13 bits per heavy atom. The maximum absolute atomic E-state index is 12.5. The van der Waals surface area contributed by atoms with Crippen molar-refractivity contribution in [1.82, 2.24) is 10.6 Å². The van der Waals surface area contributed by atoms with Crippen LogP contribution >= 0.6 is 23.2 Å². The van der Waals surface area contributed by atoms with Gasteiger partial charge in [0.05, 0.1) is 29.1 Å². The Kier molecular flexibility index (Phi) is 10.2. The molecule has 0 fully saturated rings. The van der Waals surface area contributed by atoms with E-state index in [9.17, 15) is 24.0 Å². The molecule has 0 aliphatic heterocycles. The second kappa shape index (κ2) is 12.1. The number of ether oxygens (including phenoxy) is 2. The molecule has 0 aromatic heterocycles. The highest BCUT2D eigenvalue weighted by atomic mass is 35.5. The Hall–Kier alpha value is -2.85. The minimum absolute atomic E-state index is 0.00833. The molecule has 3 N–H and O–H groups in total. The molecule has 170 valence electrons. The average Bonchev–Trinajstić information content (AvgIpc) is 2.68. The molecule has 0 aliphatic rings. The third kappa shape index (κ3) is 8.06. The Balaban J connectivity index is 2.89. The number of carbonyl (C=O) groups is 5. The van der Waals surface area contributed by atoms with Crippen LogP contribution in [0.3, 0.4) is 0 Å². The summed E-state index contributed by atoms with van der Waals surface area (Å²) in [7, 11) is 1.11. The highest BCUT2D eigenvalue weighted by molar-refractivity contribution is 6.39. The van der Waals surface area contributed by atoms with Crippen molar-refractivity contribution < 1.29 is 38.6 Å². The van der Waals surface area contributed by atoms with Crippen LogP contribution in [0.5, 0.6) is 0 Å². The van der Waals surface area contributed by atoms with Gasteiger partial charge >= 0.3 is 18.0 Å². The number of carboxylic acid groups (broad SMARTS) is 1. The summed E-state index contributed by atoms with van der Waals surface area (Å²) >= 11 is 11.8. The number of carbonyl (C=O) groups excluding carboxylic acids is 4. The Morgan fingerprint density at radius 2 is 1.65 bits per heavy atom. The quantitative estimate of drug-likeness (QED) is 0.434. The van der Waals surface area contributed by atoms with E-state index in [0.29, 0.717) is 0 Å². The van der Waals surface area contributed by atoms with Gasteiger partial charge in [-0.1, -0.05) is 43.1 Å². The maximum atomic E-state index is 12.5. The zero-order valence-electron chi connectivity index (χ0n) is 16.9. The van der Waals surface area contributed by atoms with Crippen molar-refractivity contribution >= 4 is 52.9 Å². The highest BCUT2D eigenvalue weighted by Gasteiger charge is 2.31. The van der Waals surface area contributed by atoms with E-state index in [1.165, 1.54) is 18.2 Å². The first kappa shape index (κ1) is 26.2. The van der Waals surface area contributed by atoms with E-state index in [-0.39, 0.29) is 15.6 Å². The fourth-order valence-corrected chi connectivity index (χ4v) is 2.96. The largest absolute Gasteiger partial charge is 0.481 e. The third-order valence-corrected chi connectivity index (χ3v) is 4.63. The molecule has 0 radical (unpaired) electrons. The maximum Gasteiger partial charge on any atom is 0.407 e. The predicted molar refractivity (Wildman–Crippen MR) is 110 cm³/mol. The second-order valence-electron chi connectivity index (χ2n) is 6.66. The number of hydrogen-bond acceptors (Lipinski definition) is 7. The van der Waals surface area contributed by atoms with Crippen LogP contribution in [0.15, 0.2) is 18.2 Å². The average molecular weight is 477 g/mol. The summed E-state index contributed by atoms with van der Waals surface area (Å²) in [5.41, 5.74) is -0.153. The summed E-state index contributed by atoms with van der Waals surface area (Å²) in [6, 6.07) is 1.71. The summed E-state index contributed by atoms with van der Waals surface area (Å²) in [5.74, 6) is -4.45. The first-order chi connectivity index (χ1) is 14.5. The van der Waals surface area contributed by atoms with E-state index in [1.807, 2.05) is 0 Å². The molecule has 0 spiro atoms. The van der Waals surface area contributed by atoms with Crippen molar-refractivity contribution in [2.75, 3.05) is 13.7 Å². The fraction of sp³-hybridized carbons (Fsp3) is 0.421. The number of carboxylic acids is 1. The van der Waals surface area contributed by atoms with E-state index in [0.717, 1.165) is 7.11 Å². The lowest BCUT2D eigenvalue weighted by atomic mass is 10.0.